The third-order valence-electron chi connectivity index (χ3n) is 4.09. The highest BCUT2D eigenvalue weighted by Crippen LogP contribution is 2.18. The number of hydrogen-bond donors (Lipinski definition) is 1. The fraction of sp³-hybridized carbons (Fsp3) is 0.263. The lowest BCUT2D eigenvalue weighted by molar-refractivity contribution is 0.102. The van der Waals surface area contributed by atoms with E-state index in [-0.39, 0.29) is 5.91 Å². The maximum Gasteiger partial charge on any atom is 0.274 e. The van der Waals surface area contributed by atoms with Crippen LogP contribution in [0.1, 0.15) is 41.2 Å². The number of carbonyl (C=O) groups excluding carboxylic acids is 1. The minimum Gasteiger partial charge on any atom is -0.321 e. The van der Waals surface area contributed by atoms with Crippen molar-refractivity contribution in [1.29, 1.82) is 0 Å². The lowest BCUT2D eigenvalue weighted by Crippen LogP contribution is -2.16. The molecule has 4 heteroatoms. The summed E-state index contributed by atoms with van der Waals surface area (Å²) in [6.45, 7) is 6.14. The monoisotopic (exact) mass is 307 g/mol. The minimum atomic E-state index is -0.121. The predicted octanol–water partition coefficient (Wildman–Crippen LogP) is 4.02. The average molecular weight is 307 g/mol. The summed E-state index contributed by atoms with van der Waals surface area (Å²) < 4.78 is 1.88. The molecule has 2 heterocycles. The van der Waals surface area contributed by atoms with E-state index in [0.717, 1.165) is 35.4 Å². The smallest absolute Gasteiger partial charge is 0.274 e. The number of rotatable bonds is 4. The molecular weight excluding hydrogens is 286 g/mol. The van der Waals surface area contributed by atoms with Gasteiger partial charge in [-0.25, -0.2) is 4.98 Å². The first kappa shape index (κ1) is 15.3. The Balaban J connectivity index is 1.98. The second kappa shape index (κ2) is 6.24. The van der Waals surface area contributed by atoms with Crippen molar-refractivity contribution in [3.63, 3.8) is 0 Å². The zero-order valence-electron chi connectivity index (χ0n) is 13.8. The highest BCUT2D eigenvalue weighted by molar-refractivity contribution is 6.04. The standard InChI is InChI=1S/C19H21N3O/c1-4-14-8-10-15(11-9-14)20-19(23)17-16(5-2)21-18-13(3)7-6-12-22(17)18/h6-12H,4-5H2,1-3H3,(H,20,23). The van der Waals surface area contributed by atoms with Crippen molar-refractivity contribution in [3.8, 4) is 0 Å². The first-order chi connectivity index (χ1) is 11.1. The fourth-order valence-corrected chi connectivity index (χ4v) is 2.75. The summed E-state index contributed by atoms with van der Waals surface area (Å²) in [5.41, 5.74) is 5.40. The van der Waals surface area contributed by atoms with Crippen LogP contribution >= 0.6 is 0 Å². The Morgan fingerprint density at radius 2 is 1.87 bits per heavy atom. The van der Waals surface area contributed by atoms with Crippen LogP contribution in [-0.2, 0) is 12.8 Å². The van der Waals surface area contributed by atoms with Crippen LogP contribution in [0.15, 0.2) is 42.6 Å². The Morgan fingerprint density at radius 3 is 2.52 bits per heavy atom. The molecule has 23 heavy (non-hydrogen) atoms. The zero-order valence-corrected chi connectivity index (χ0v) is 13.8. The normalized spacial score (nSPS) is 10.9. The number of fused-ring (bicyclic) bond motifs is 1. The van der Waals surface area contributed by atoms with Crippen LogP contribution in [0.2, 0.25) is 0 Å². The molecule has 2 aromatic heterocycles. The maximum atomic E-state index is 12.8. The van der Waals surface area contributed by atoms with Gasteiger partial charge in [-0.2, -0.15) is 0 Å². The third kappa shape index (κ3) is 2.84. The molecule has 0 atom stereocenters. The van der Waals surface area contributed by atoms with Gasteiger partial charge in [0.05, 0.1) is 5.69 Å². The summed E-state index contributed by atoms with van der Waals surface area (Å²) in [6, 6.07) is 11.9. The third-order valence-corrected chi connectivity index (χ3v) is 4.09. The number of aryl methyl sites for hydroxylation is 3. The number of anilines is 1. The predicted molar refractivity (Wildman–Crippen MR) is 93.1 cm³/mol. The molecule has 4 nitrogen and oxygen atoms in total. The van der Waals surface area contributed by atoms with Gasteiger partial charge in [-0.15, -0.1) is 0 Å². The van der Waals surface area contributed by atoms with E-state index in [2.05, 4.69) is 17.2 Å². The summed E-state index contributed by atoms with van der Waals surface area (Å²) in [5.74, 6) is -0.121. The SMILES string of the molecule is CCc1ccc(NC(=O)c2c(CC)nc3c(C)cccn23)cc1. The van der Waals surface area contributed by atoms with Crippen molar-refractivity contribution in [2.24, 2.45) is 0 Å². The van der Waals surface area contributed by atoms with E-state index in [4.69, 9.17) is 0 Å². The van der Waals surface area contributed by atoms with Gasteiger partial charge in [-0.1, -0.05) is 32.0 Å². The first-order valence-corrected chi connectivity index (χ1v) is 8.00. The molecule has 0 radical (unpaired) electrons. The van der Waals surface area contributed by atoms with Crippen LogP contribution in [0.5, 0.6) is 0 Å². The quantitative estimate of drug-likeness (QED) is 0.791. The highest BCUT2D eigenvalue weighted by Gasteiger charge is 2.19. The van der Waals surface area contributed by atoms with E-state index in [1.807, 2.05) is 60.8 Å². The van der Waals surface area contributed by atoms with Crippen LogP contribution in [0.3, 0.4) is 0 Å². The highest BCUT2D eigenvalue weighted by atomic mass is 16.2. The summed E-state index contributed by atoms with van der Waals surface area (Å²) in [7, 11) is 0. The van der Waals surface area contributed by atoms with Gasteiger partial charge >= 0.3 is 0 Å². The molecule has 0 aliphatic heterocycles. The van der Waals surface area contributed by atoms with Crippen LogP contribution < -0.4 is 5.32 Å². The van der Waals surface area contributed by atoms with Crippen molar-refractivity contribution in [2.45, 2.75) is 33.6 Å². The zero-order chi connectivity index (χ0) is 16.4. The Bertz CT molecular complexity index is 847. The molecule has 0 unspecified atom stereocenters. The topological polar surface area (TPSA) is 46.4 Å². The molecule has 0 saturated carbocycles. The van der Waals surface area contributed by atoms with Gasteiger partial charge in [0.1, 0.15) is 11.3 Å². The van der Waals surface area contributed by atoms with Gasteiger partial charge in [0.15, 0.2) is 0 Å². The Hall–Kier alpha value is -2.62. The van der Waals surface area contributed by atoms with E-state index in [1.54, 1.807) is 0 Å². The molecule has 0 aliphatic carbocycles. The Labute approximate surface area is 136 Å². The van der Waals surface area contributed by atoms with E-state index in [0.29, 0.717) is 5.69 Å². The molecule has 118 valence electrons. The van der Waals surface area contributed by atoms with Gasteiger partial charge in [0.2, 0.25) is 0 Å². The summed E-state index contributed by atoms with van der Waals surface area (Å²) >= 11 is 0. The lowest BCUT2D eigenvalue weighted by Gasteiger charge is -2.07. The van der Waals surface area contributed by atoms with Gasteiger partial charge in [-0.3, -0.25) is 9.20 Å². The van der Waals surface area contributed by atoms with Crippen LogP contribution in [0, 0.1) is 6.92 Å². The van der Waals surface area contributed by atoms with Gasteiger partial charge in [0, 0.05) is 11.9 Å². The molecule has 0 aliphatic rings. The van der Waals surface area contributed by atoms with E-state index >= 15 is 0 Å². The number of amides is 1. The lowest BCUT2D eigenvalue weighted by atomic mass is 10.1. The Morgan fingerprint density at radius 1 is 1.13 bits per heavy atom. The summed E-state index contributed by atoms with van der Waals surface area (Å²) in [5, 5.41) is 2.98. The molecule has 1 N–H and O–H groups in total. The molecule has 0 bridgehead atoms. The molecular formula is C19H21N3O. The Kier molecular flexibility index (Phi) is 4.15. The van der Waals surface area contributed by atoms with Gasteiger partial charge < -0.3 is 5.32 Å². The fourth-order valence-electron chi connectivity index (χ4n) is 2.75. The van der Waals surface area contributed by atoms with Gasteiger partial charge in [0.25, 0.3) is 5.91 Å². The number of hydrogen-bond acceptors (Lipinski definition) is 2. The van der Waals surface area contributed by atoms with Crippen LogP contribution in [0.25, 0.3) is 5.65 Å². The molecule has 0 saturated heterocycles. The number of nitrogens with zero attached hydrogens (tertiary/aromatic N) is 2. The van der Waals surface area contributed by atoms with Crippen molar-refractivity contribution < 1.29 is 4.79 Å². The van der Waals surface area contributed by atoms with Crippen molar-refractivity contribution in [1.82, 2.24) is 9.38 Å². The van der Waals surface area contributed by atoms with Crippen molar-refractivity contribution >= 4 is 17.2 Å². The summed E-state index contributed by atoms with van der Waals surface area (Å²) in [6.07, 6.45) is 3.60. The second-order valence-corrected chi connectivity index (χ2v) is 5.65. The number of imidazole rings is 1. The molecule has 3 aromatic rings. The number of carbonyl (C=O) groups is 1. The number of nitrogens with one attached hydrogen (secondary N) is 1. The van der Waals surface area contributed by atoms with Crippen molar-refractivity contribution in [3.05, 3.63) is 65.1 Å². The average Bonchev–Trinajstić information content (AvgIpc) is 2.95. The molecule has 3 rings (SSSR count). The number of aromatic nitrogens is 2. The van der Waals surface area contributed by atoms with E-state index < -0.39 is 0 Å². The number of pyridine rings is 1. The van der Waals surface area contributed by atoms with Crippen molar-refractivity contribution in [2.75, 3.05) is 5.32 Å². The number of benzene rings is 1. The van der Waals surface area contributed by atoms with Crippen LogP contribution in [-0.4, -0.2) is 15.3 Å². The molecule has 1 amide bonds. The van der Waals surface area contributed by atoms with E-state index in [9.17, 15) is 4.79 Å². The largest absolute Gasteiger partial charge is 0.321 e. The summed E-state index contributed by atoms with van der Waals surface area (Å²) in [4.78, 5) is 17.4. The second-order valence-electron chi connectivity index (χ2n) is 5.65. The first-order valence-electron chi connectivity index (χ1n) is 8.00. The van der Waals surface area contributed by atoms with E-state index in [1.165, 1.54) is 5.56 Å². The maximum absolute atomic E-state index is 12.8. The molecule has 0 spiro atoms. The van der Waals surface area contributed by atoms with Crippen LogP contribution in [0.4, 0.5) is 5.69 Å². The van der Waals surface area contributed by atoms with Gasteiger partial charge in [-0.05, 0) is 49.1 Å². The molecule has 0 fully saturated rings. The molecule has 1 aromatic carbocycles. The minimum absolute atomic E-state index is 0.121.